The maximum atomic E-state index is 13.7. The molecule has 0 aliphatic rings. The quantitative estimate of drug-likeness (QED) is 0.721. The van der Waals surface area contributed by atoms with Crippen LogP contribution < -0.4 is 10.1 Å². The lowest BCUT2D eigenvalue weighted by Gasteiger charge is -2.22. The molecule has 1 N–H and O–H groups in total. The van der Waals surface area contributed by atoms with Gasteiger partial charge in [-0.15, -0.1) is 0 Å². The van der Waals surface area contributed by atoms with Gasteiger partial charge in [0.25, 0.3) is 0 Å². The fourth-order valence-corrected chi connectivity index (χ4v) is 2.64. The van der Waals surface area contributed by atoms with E-state index in [0.29, 0.717) is 5.75 Å². The molecule has 1 unspecified atom stereocenters. The van der Waals surface area contributed by atoms with Gasteiger partial charge in [-0.3, -0.25) is 0 Å². The van der Waals surface area contributed by atoms with Crippen molar-refractivity contribution in [2.45, 2.75) is 19.4 Å². The first-order valence-electron chi connectivity index (χ1n) is 6.98. The lowest BCUT2D eigenvalue weighted by atomic mass is 9.97. The topological polar surface area (TPSA) is 21.3 Å². The van der Waals surface area contributed by atoms with Crippen LogP contribution >= 0.6 is 22.6 Å². The van der Waals surface area contributed by atoms with Crippen LogP contribution in [0.15, 0.2) is 42.5 Å². The summed E-state index contributed by atoms with van der Waals surface area (Å²) in [5, 5.41) is 3.47. The fourth-order valence-electron chi connectivity index (χ4n) is 2.28. The number of hydrogen-bond donors (Lipinski definition) is 1. The van der Waals surface area contributed by atoms with E-state index in [9.17, 15) is 4.39 Å². The molecule has 21 heavy (non-hydrogen) atoms. The summed E-state index contributed by atoms with van der Waals surface area (Å²) >= 11 is 2.28. The normalized spacial score (nSPS) is 12.2. The Hall–Kier alpha value is -1.14. The van der Waals surface area contributed by atoms with Crippen LogP contribution in [-0.2, 0) is 0 Å². The monoisotopic (exact) mass is 399 g/mol. The molecule has 0 radical (unpaired) electrons. The molecule has 2 aromatic carbocycles. The number of methoxy groups -OCH3 is 1. The summed E-state index contributed by atoms with van der Waals surface area (Å²) in [5.41, 5.74) is 1.93. The highest BCUT2D eigenvalue weighted by molar-refractivity contribution is 14.1. The highest BCUT2D eigenvalue weighted by Crippen LogP contribution is 2.31. The Morgan fingerprint density at radius 3 is 2.52 bits per heavy atom. The molecule has 2 nitrogen and oxygen atoms in total. The molecule has 0 aliphatic carbocycles. The van der Waals surface area contributed by atoms with Crippen LogP contribution in [0.5, 0.6) is 5.75 Å². The third-order valence-electron chi connectivity index (χ3n) is 3.30. The first-order valence-corrected chi connectivity index (χ1v) is 8.06. The van der Waals surface area contributed by atoms with E-state index in [1.165, 1.54) is 9.64 Å². The first-order chi connectivity index (χ1) is 10.2. The van der Waals surface area contributed by atoms with Crippen molar-refractivity contribution in [3.8, 4) is 5.75 Å². The zero-order valence-corrected chi connectivity index (χ0v) is 14.4. The third kappa shape index (κ3) is 4.17. The van der Waals surface area contributed by atoms with Gasteiger partial charge in [-0.25, -0.2) is 4.39 Å². The summed E-state index contributed by atoms with van der Waals surface area (Å²) in [4.78, 5) is 0. The summed E-state index contributed by atoms with van der Waals surface area (Å²) in [6.45, 7) is 2.97. The maximum Gasteiger partial charge on any atom is 0.124 e. The molecular formula is C17H19FINO. The van der Waals surface area contributed by atoms with Crippen LogP contribution in [-0.4, -0.2) is 13.7 Å². The molecule has 0 saturated heterocycles. The Balaban J connectivity index is 2.44. The van der Waals surface area contributed by atoms with Gasteiger partial charge >= 0.3 is 0 Å². The second-order valence-corrected chi connectivity index (χ2v) is 6.07. The summed E-state index contributed by atoms with van der Waals surface area (Å²) in [6, 6.07) is 12.8. The highest BCUT2D eigenvalue weighted by atomic mass is 127. The summed E-state index contributed by atoms with van der Waals surface area (Å²) in [6.07, 6.45) is 1.01. The minimum absolute atomic E-state index is 0.0763. The van der Waals surface area contributed by atoms with Gasteiger partial charge in [-0.2, -0.15) is 0 Å². The van der Waals surface area contributed by atoms with Crippen LogP contribution in [0.2, 0.25) is 0 Å². The fraction of sp³-hybridized carbons (Fsp3) is 0.294. The van der Waals surface area contributed by atoms with Crippen LogP contribution in [0.25, 0.3) is 0 Å². The molecule has 2 aromatic rings. The molecule has 0 aliphatic heterocycles. The van der Waals surface area contributed by atoms with Gasteiger partial charge in [-0.1, -0.05) is 19.1 Å². The number of rotatable bonds is 6. The van der Waals surface area contributed by atoms with E-state index >= 15 is 0 Å². The standard InChI is InChI=1S/C17H19FINO/c1-3-10-20-17(12-4-7-14(19)8-5-12)15-11-13(18)6-9-16(15)21-2/h4-9,11,17,20H,3,10H2,1-2H3. The van der Waals surface area contributed by atoms with Crippen molar-refractivity contribution < 1.29 is 9.13 Å². The number of hydrogen-bond acceptors (Lipinski definition) is 2. The van der Waals surface area contributed by atoms with Crippen LogP contribution in [0.1, 0.15) is 30.5 Å². The Labute approximate surface area is 138 Å². The van der Waals surface area contributed by atoms with Gasteiger partial charge in [0, 0.05) is 9.13 Å². The first kappa shape index (κ1) is 16.2. The molecule has 0 spiro atoms. The average molecular weight is 399 g/mol. The molecule has 112 valence electrons. The molecule has 1 atom stereocenters. The van der Waals surface area contributed by atoms with E-state index in [-0.39, 0.29) is 11.9 Å². The number of halogens is 2. The van der Waals surface area contributed by atoms with E-state index in [4.69, 9.17) is 4.74 Å². The predicted octanol–water partition coefficient (Wildman–Crippen LogP) is 4.53. The van der Waals surface area contributed by atoms with Gasteiger partial charge in [0.05, 0.1) is 13.2 Å². The summed E-state index contributed by atoms with van der Waals surface area (Å²) in [7, 11) is 1.61. The Kier molecular flexibility index (Phi) is 5.99. The van der Waals surface area contributed by atoms with Crippen molar-refractivity contribution in [2.75, 3.05) is 13.7 Å². The highest BCUT2D eigenvalue weighted by Gasteiger charge is 2.18. The predicted molar refractivity (Wildman–Crippen MR) is 92.2 cm³/mol. The molecule has 0 aromatic heterocycles. The molecular weight excluding hydrogens is 380 g/mol. The van der Waals surface area contributed by atoms with Crippen molar-refractivity contribution >= 4 is 22.6 Å². The van der Waals surface area contributed by atoms with E-state index < -0.39 is 0 Å². The lowest BCUT2D eigenvalue weighted by molar-refractivity contribution is 0.402. The van der Waals surface area contributed by atoms with Crippen LogP contribution in [0.4, 0.5) is 4.39 Å². The van der Waals surface area contributed by atoms with Gasteiger partial charge in [-0.05, 0) is 71.5 Å². The van der Waals surface area contributed by atoms with Crippen molar-refractivity contribution in [1.82, 2.24) is 5.32 Å². The average Bonchev–Trinajstić information content (AvgIpc) is 2.49. The smallest absolute Gasteiger partial charge is 0.124 e. The second kappa shape index (κ2) is 7.75. The van der Waals surface area contributed by atoms with Gasteiger partial charge in [0.1, 0.15) is 11.6 Å². The number of ether oxygens (including phenoxy) is 1. The zero-order valence-electron chi connectivity index (χ0n) is 12.2. The largest absolute Gasteiger partial charge is 0.496 e. The van der Waals surface area contributed by atoms with Gasteiger partial charge < -0.3 is 10.1 Å². The lowest BCUT2D eigenvalue weighted by Crippen LogP contribution is -2.23. The van der Waals surface area contributed by atoms with Gasteiger partial charge in [0.15, 0.2) is 0 Å². The molecule has 0 heterocycles. The van der Waals surface area contributed by atoms with Crippen molar-refractivity contribution in [3.63, 3.8) is 0 Å². The number of nitrogens with one attached hydrogen (secondary N) is 1. The SMILES string of the molecule is CCCNC(c1ccc(I)cc1)c1cc(F)ccc1OC. The minimum atomic E-state index is -0.250. The Morgan fingerprint density at radius 1 is 1.19 bits per heavy atom. The van der Waals surface area contributed by atoms with Crippen molar-refractivity contribution in [1.29, 1.82) is 0 Å². The van der Waals surface area contributed by atoms with E-state index in [2.05, 4.69) is 59.1 Å². The Morgan fingerprint density at radius 2 is 1.90 bits per heavy atom. The second-order valence-electron chi connectivity index (χ2n) is 4.82. The molecule has 4 heteroatoms. The van der Waals surface area contributed by atoms with Gasteiger partial charge in [0.2, 0.25) is 0 Å². The van der Waals surface area contributed by atoms with Crippen LogP contribution in [0.3, 0.4) is 0 Å². The molecule has 0 bridgehead atoms. The van der Waals surface area contributed by atoms with Crippen molar-refractivity contribution in [2.24, 2.45) is 0 Å². The van der Waals surface area contributed by atoms with E-state index in [1.807, 2.05) is 0 Å². The van der Waals surface area contributed by atoms with Crippen molar-refractivity contribution in [3.05, 3.63) is 63.0 Å². The minimum Gasteiger partial charge on any atom is -0.496 e. The van der Waals surface area contributed by atoms with E-state index in [1.54, 1.807) is 19.2 Å². The Bertz CT molecular complexity index is 586. The maximum absolute atomic E-state index is 13.7. The number of benzene rings is 2. The molecule has 0 amide bonds. The summed E-state index contributed by atoms with van der Waals surface area (Å²) < 4.78 is 20.2. The van der Waals surface area contributed by atoms with E-state index in [0.717, 1.165) is 24.1 Å². The summed E-state index contributed by atoms with van der Waals surface area (Å²) in [5.74, 6) is 0.447. The molecule has 0 saturated carbocycles. The van der Waals surface area contributed by atoms with Crippen LogP contribution in [0, 0.1) is 9.39 Å². The third-order valence-corrected chi connectivity index (χ3v) is 4.02. The molecule has 0 fully saturated rings. The molecule has 2 rings (SSSR count). The zero-order chi connectivity index (χ0) is 15.2.